The van der Waals surface area contributed by atoms with Crippen molar-refractivity contribution in [3.05, 3.63) is 35.9 Å². The molecule has 0 saturated heterocycles. The standard InChI is InChI=1S/C23H25FN6O2/c1-2-26-18(31)14-30-21(15-7-6-8-16(24)13-15)29-19-20(25)27-17(28-22(19)30)9-12-23(32)10-4-3-5-11-23/h6-8,13,32H,2-5,10-11,14H2,1H3,(H,26,31)(H2,25,27,28). The number of rotatable bonds is 4. The number of amides is 1. The Morgan fingerprint density at radius 3 is 2.78 bits per heavy atom. The molecule has 1 aliphatic carbocycles. The summed E-state index contributed by atoms with van der Waals surface area (Å²) in [6.07, 6.45) is 4.14. The molecule has 9 heteroatoms. The number of imidazole rings is 1. The molecule has 1 aliphatic rings. The van der Waals surface area contributed by atoms with E-state index in [9.17, 15) is 14.3 Å². The lowest BCUT2D eigenvalue weighted by Gasteiger charge is -2.26. The van der Waals surface area contributed by atoms with Crippen molar-refractivity contribution < 1.29 is 14.3 Å². The number of hydrogen-bond acceptors (Lipinski definition) is 6. The molecular weight excluding hydrogens is 411 g/mol. The second-order valence-electron chi connectivity index (χ2n) is 7.93. The largest absolute Gasteiger partial charge is 0.382 e. The van der Waals surface area contributed by atoms with Gasteiger partial charge in [-0.25, -0.2) is 19.3 Å². The molecule has 2 aromatic heterocycles. The minimum absolute atomic E-state index is 0.0799. The molecule has 0 aliphatic heterocycles. The Kier molecular flexibility index (Phi) is 6.06. The van der Waals surface area contributed by atoms with Crippen molar-refractivity contribution in [3.8, 4) is 23.2 Å². The molecule has 166 valence electrons. The van der Waals surface area contributed by atoms with Crippen molar-refractivity contribution in [1.82, 2.24) is 24.8 Å². The van der Waals surface area contributed by atoms with Crippen molar-refractivity contribution in [2.75, 3.05) is 12.3 Å². The van der Waals surface area contributed by atoms with E-state index in [1.54, 1.807) is 16.7 Å². The monoisotopic (exact) mass is 436 g/mol. The molecule has 0 unspecified atom stereocenters. The number of hydrogen-bond donors (Lipinski definition) is 3. The van der Waals surface area contributed by atoms with E-state index in [1.165, 1.54) is 12.1 Å². The van der Waals surface area contributed by atoms with E-state index in [1.807, 2.05) is 6.92 Å². The van der Waals surface area contributed by atoms with Gasteiger partial charge in [-0.2, -0.15) is 0 Å². The van der Waals surface area contributed by atoms with Gasteiger partial charge in [0, 0.05) is 12.1 Å². The number of aromatic nitrogens is 4. The van der Waals surface area contributed by atoms with E-state index < -0.39 is 11.4 Å². The minimum atomic E-state index is -1.06. The number of nitrogens with two attached hydrogens (primary N) is 1. The summed E-state index contributed by atoms with van der Waals surface area (Å²) in [6, 6.07) is 5.93. The van der Waals surface area contributed by atoms with Gasteiger partial charge in [-0.05, 0) is 50.7 Å². The third-order valence-corrected chi connectivity index (χ3v) is 5.47. The maximum atomic E-state index is 13.9. The molecule has 4 N–H and O–H groups in total. The molecule has 8 nitrogen and oxygen atoms in total. The Balaban J connectivity index is 1.83. The zero-order chi connectivity index (χ0) is 22.7. The molecule has 0 radical (unpaired) electrons. The SMILES string of the molecule is CCNC(=O)Cn1c(-c2cccc(F)c2)nc2c(N)nc(C#CC3(O)CCCCC3)nc21. The van der Waals surface area contributed by atoms with Crippen LogP contribution in [0.3, 0.4) is 0 Å². The molecule has 0 atom stereocenters. The topological polar surface area (TPSA) is 119 Å². The fraction of sp³-hybridized carbons (Fsp3) is 0.391. The number of nitrogens with zero attached hydrogens (tertiary/aromatic N) is 4. The Labute approximate surface area is 185 Å². The van der Waals surface area contributed by atoms with Crippen LogP contribution in [-0.4, -0.2) is 42.7 Å². The van der Waals surface area contributed by atoms with E-state index in [4.69, 9.17) is 5.73 Å². The van der Waals surface area contributed by atoms with Crippen LogP contribution in [0.1, 0.15) is 44.9 Å². The summed E-state index contributed by atoms with van der Waals surface area (Å²) in [4.78, 5) is 25.6. The van der Waals surface area contributed by atoms with Gasteiger partial charge >= 0.3 is 0 Å². The van der Waals surface area contributed by atoms with E-state index in [0.29, 0.717) is 41.9 Å². The third kappa shape index (κ3) is 4.55. The molecule has 1 aromatic carbocycles. The van der Waals surface area contributed by atoms with Crippen molar-refractivity contribution >= 4 is 22.9 Å². The van der Waals surface area contributed by atoms with Crippen LogP contribution in [0.25, 0.3) is 22.6 Å². The smallest absolute Gasteiger partial charge is 0.240 e. The van der Waals surface area contributed by atoms with Gasteiger partial charge in [-0.1, -0.05) is 24.5 Å². The summed E-state index contributed by atoms with van der Waals surface area (Å²) in [5.74, 6) is 5.66. The summed E-state index contributed by atoms with van der Waals surface area (Å²) in [6.45, 7) is 2.21. The Morgan fingerprint density at radius 1 is 1.28 bits per heavy atom. The maximum absolute atomic E-state index is 13.9. The van der Waals surface area contributed by atoms with Crippen molar-refractivity contribution in [2.45, 2.75) is 51.2 Å². The predicted molar refractivity (Wildman–Crippen MR) is 119 cm³/mol. The first-order chi connectivity index (χ1) is 15.4. The van der Waals surface area contributed by atoms with Crippen LogP contribution in [0.2, 0.25) is 0 Å². The highest BCUT2D eigenvalue weighted by Gasteiger charge is 2.27. The number of likely N-dealkylation sites (N-methyl/N-ethyl adjacent to an activating group) is 1. The van der Waals surface area contributed by atoms with Crippen molar-refractivity contribution in [3.63, 3.8) is 0 Å². The molecule has 3 aromatic rings. The first-order valence-electron chi connectivity index (χ1n) is 10.7. The molecule has 32 heavy (non-hydrogen) atoms. The van der Waals surface area contributed by atoms with Gasteiger partial charge in [-0.15, -0.1) is 0 Å². The van der Waals surface area contributed by atoms with Crippen LogP contribution in [0, 0.1) is 17.7 Å². The van der Waals surface area contributed by atoms with E-state index in [0.717, 1.165) is 19.3 Å². The van der Waals surface area contributed by atoms with Crippen LogP contribution < -0.4 is 11.1 Å². The van der Waals surface area contributed by atoms with Crippen LogP contribution in [0.5, 0.6) is 0 Å². The number of nitrogens with one attached hydrogen (secondary N) is 1. The predicted octanol–water partition coefficient (Wildman–Crippen LogP) is 2.40. The van der Waals surface area contributed by atoms with Crippen molar-refractivity contribution in [2.24, 2.45) is 0 Å². The molecular formula is C23H25FN6O2. The zero-order valence-electron chi connectivity index (χ0n) is 17.9. The highest BCUT2D eigenvalue weighted by Crippen LogP contribution is 2.28. The summed E-state index contributed by atoms with van der Waals surface area (Å²) < 4.78 is 15.4. The number of fused-ring (bicyclic) bond motifs is 1. The minimum Gasteiger partial charge on any atom is -0.382 e. The molecule has 1 amide bonds. The van der Waals surface area contributed by atoms with Gasteiger partial charge < -0.3 is 16.2 Å². The maximum Gasteiger partial charge on any atom is 0.240 e. The first kappa shape index (κ1) is 21.7. The Bertz CT molecular complexity index is 1220. The van der Waals surface area contributed by atoms with Gasteiger partial charge in [0.05, 0.1) is 0 Å². The van der Waals surface area contributed by atoms with Crippen LogP contribution in [0.4, 0.5) is 10.2 Å². The highest BCUT2D eigenvalue weighted by atomic mass is 19.1. The van der Waals surface area contributed by atoms with Crippen LogP contribution in [-0.2, 0) is 11.3 Å². The quantitative estimate of drug-likeness (QED) is 0.541. The summed E-state index contributed by atoms with van der Waals surface area (Å²) >= 11 is 0. The summed E-state index contributed by atoms with van der Waals surface area (Å²) in [7, 11) is 0. The van der Waals surface area contributed by atoms with Gasteiger partial charge in [0.2, 0.25) is 11.7 Å². The molecule has 1 fully saturated rings. The second kappa shape index (κ2) is 8.93. The number of carbonyl (C=O) groups is 1. The summed E-state index contributed by atoms with van der Waals surface area (Å²) in [5, 5.41) is 13.4. The van der Waals surface area contributed by atoms with Gasteiger partial charge in [-0.3, -0.25) is 9.36 Å². The lowest BCUT2D eigenvalue weighted by atomic mass is 9.85. The van der Waals surface area contributed by atoms with Crippen LogP contribution >= 0.6 is 0 Å². The molecule has 1 saturated carbocycles. The highest BCUT2D eigenvalue weighted by molar-refractivity contribution is 5.88. The normalized spacial score (nSPS) is 15.2. The number of carbonyl (C=O) groups excluding carboxylic acids is 1. The average molecular weight is 436 g/mol. The lowest BCUT2D eigenvalue weighted by molar-refractivity contribution is -0.121. The fourth-order valence-electron chi connectivity index (χ4n) is 3.91. The Morgan fingerprint density at radius 2 is 2.06 bits per heavy atom. The molecule has 0 bridgehead atoms. The zero-order valence-corrected chi connectivity index (χ0v) is 17.9. The molecule has 0 spiro atoms. The molecule has 4 rings (SSSR count). The lowest BCUT2D eigenvalue weighted by Crippen LogP contribution is -2.29. The van der Waals surface area contributed by atoms with E-state index >= 15 is 0 Å². The van der Waals surface area contributed by atoms with Gasteiger partial charge in [0.1, 0.15) is 23.8 Å². The van der Waals surface area contributed by atoms with E-state index in [-0.39, 0.29) is 24.1 Å². The van der Waals surface area contributed by atoms with Crippen molar-refractivity contribution in [1.29, 1.82) is 0 Å². The van der Waals surface area contributed by atoms with Gasteiger partial charge in [0.15, 0.2) is 17.0 Å². The fourth-order valence-corrected chi connectivity index (χ4v) is 3.91. The van der Waals surface area contributed by atoms with Gasteiger partial charge in [0.25, 0.3) is 0 Å². The summed E-state index contributed by atoms with van der Waals surface area (Å²) in [5.41, 5.74) is 6.20. The van der Waals surface area contributed by atoms with Crippen LogP contribution in [0.15, 0.2) is 24.3 Å². The third-order valence-electron chi connectivity index (χ3n) is 5.47. The molecule has 2 heterocycles. The first-order valence-corrected chi connectivity index (χ1v) is 10.7. The second-order valence-corrected chi connectivity index (χ2v) is 7.93. The number of anilines is 1. The number of aliphatic hydroxyl groups is 1. The van der Waals surface area contributed by atoms with E-state index in [2.05, 4.69) is 32.1 Å². The Hall–Kier alpha value is -3.51. The average Bonchev–Trinajstić information content (AvgIpc) is 3.12. The number of nitrogen functional groups attached to an aromatic ring is 1. The number of halogens is 1. The number of benzene rings is 1.